The Balaban J connectivity index is 1.40. The second-order valence-corrected chi connectivity index (χ2v) is 7.60. The van der Waals surface area contributed by atoms with Gasteiger partial charge in [-0.15, -0.1) is 0 Å². The molecule has 148 valence electrons. The molecular formula is C21H25ClN4O2. The molecule has 0 spiro atoms. The molecule has 1 saturated heterocycles. The average molecular weight is 401 g/mol. The molecule has 0 saturated carbocycles. The number of rotatable bonds is 5. The molecule has 2 amide bonds. The van der Waals surface area contributed by atoms with Crippen molar-refractivity contribution in [1.29, 1.82) is 0 Å². The molecule has 0 unspecified atom stereocenters. The fraction of sp³-hybridized carbons (Fsp3) is 0.381. The number of amides is 2. The Hall–Kier alpha value is -2.44. The lowest BCUT2D eigenvalue weighted by molar-refractivity contribution is -0.136. The van der Waals surface area contributed by atoms with Crippen LogP contribution in [0.3, 0.4) is 0 Å². The van der Waals surface area contributed by atoms with Gasteiger partial charge in [-0.1, -0.05) is 23.7 Å². The van der Waals surface area contributed by atoms with Gasteiger partial charge >= 0.3 is 11.8 Å². The Kier molecular flexibility index (Phi) is 7.01. The van der Waals surface area contributed by atoms with Crippen molar-refractivity contribution in [2.24, 2.45) is 5.92 Å². The van der Waals surface area contributed by atoms with Crippen LogP contribution >= 0.6 is 11.6 Å². The summed E-state index contributed by atoms with van der Waals surface area (Å²) in [5, 5.41) is 5.89. The van der Waals surface area contributed by atoms with Gasteiger partial charge in [0.15, 0.2) is 0 Å². The third-order valence-electron chi connectivity index (χ3n) is 5.02. The predicted molar refractivity (Wildman–Crippen MR) is 110 cm³/mol. The number of likely N-dealkylation sites (tertiary alicyclic amines) is 1. The van der Waals surface area contributed by atoms with Gasteiger partial charge in [-0.25, -0.2) is 0 Å². The Bertz CT molecular complexity index is 820. The van der Waals surface area contributed by atoms with E-state index in [-0.39, 0.29) is 0 Å². The van der Waals surface area contributed by atoms with Crippen LogP contribution in [-0.2, 0) is 16.1 Å². The molecule has 0 bridgehead atoms. The minimum atomic E-state index is -0.669. The number of pyridine rings is 1. The number of aryl methyl sites for hydroxylation is 1. The molecule has 7 heteroatoms. The summed E-state index contributed by atoms with van der Waals surface area (Å²) in [5.74, 6) is -0.905. The van der Waals surface area contributed by atoms with Gasteiger partial charge < -0.3 is 10.6 Å². The number of aromatic nitrogens is 1. The number of piperidine rings is 1. The Morgan fingerprint density at radius 3 is 2.68 bits per heavy atom. The van der Waals surface area contributed by atoms with E-state index in [1.807, 2.05) is 31.3 Å². The van der Waals surface area contributed by atoms with E-state index in [9.17, 15) is 9.59 Å². The lowest BCUT2D eigenvalue weighted by atomic mass is 9.96. The fourth-order valence-electron chi connectivity index (χ4n) is 3.29. The quantitative estimate of drug-likeness (QED) is 0.756. The molecule has 1 aliphatic rings. The number of hydrogen-bond donors (Lipinski definition) is 2. The smallest absolute Gasteiger partial charge is 0.313 e. The molecule has 1 aliphatic heterocycles. The van der Waals surface area contributed by atoms with Crippen molar-refractivity contribution in [3.8, 4) is 0 Å². The second kappa shape index (κ2) is 9.66. The first kappa shape index (κ1) is 20.3. The van der Waals surface area contributed by atoms with Gasteiger partial charge in [0.25, 0.3) is 0 Å². The maximum absolute atomic E-state index is 12.1. The summed E-state index contributed by atoms with van der Waals surface area (Å²) in [6.07, 6.45) is 3.79. The molecule has 0 atom stereocenters. The van der Waals surface area contributed by atoms with Crippen molar-refractivity contribution in [2.75, 3.05) is 25.0 Å². The van der Waals surface area contributed by atoms with Crippen molar-refractivity contribution in [1.82, 2.24) is 15.2 Å². The highest BCUT2D eigenvalue weighted by atomic mass is 35.5. The van der Waals surface area contributed by atoms with Crippen LogP contribution in [0, 0.1) is 12.8 Å². The van der Waals surface area contributed by atoms with Crippen molar-refractivity contribution in [3.05, 3.63) is 58.9 Å². The Morgan fingerprint density at radius 2 is 1.96 bits per heavy atom. The average Bonchev–Trinajstić information content (AvgIpc) is 2.70. The molecule has 3 rings (SSSR count). The Labute approximate surface area is 170 Å². The molecular weight excluding hydrogens is 376 g/mol. The molecule has 2 N–H and O–H groups in total. The van der Waals surface area contributed by atoms with E-state index in [2.05, 4.69) is 20.5 Å². The van der Waals surface area contributed by atoms with E-state index >= 15 is 0 Å². The number of benzene rings is 1. The zero-order valence-corrected chi connectivity index (χ0v) is 16.7. The van der Waals surface area contributed by atoms with Crippen molar-refractivity contribution < 1.29 is 9.59 Å². The number of anilines is 1. The van der Waals surface area contributed by atoms with Crippen LogP contribution in [0.25, 0.3) is 0 Å². The van der Waals surface area contributed by atoms with Gasteiger partial charge in [-0.2, -0.15) is 0 Å². The number of nitrogens with one attached hydrogen (secondary N) is 2. The van der Waals surface area contributed by atoms with Gasteiger partial charge in [-0.3, -0.25) is 19.5 Å². The van der Waals surface area contributed by atoms with E-state index in [4.69, 9.17) is 11.6 Å². The predicted octanol–water partition coefficient (Wildman–Crippen LogP) is 3.01. The number of nitrogens with zero attached hydrogens (tertiary/aromatic N) is 2. The number of carbonyl (C=O) groups excluding carboxylic acids is 2. The van der Waals surface area contributed by atoms with Gasteiger partial charge in [0.05, 0.1) is 5.69 Å². The van der Waals surface area contributed by atoms with E-state index in [1.165, 1.54) is 0 Å². The normalized spacial score (nSPS) is 15.2. The van der Waals surface area contributed by atoms with Crippen LogP contribution < -0.4 is 10.6 Å². The fourth-order valence-corrected chi connectivity index (χ4v) is 3.47. The SMILES string of the molecule is Cc1ccc(Cl)cc1NC(=O)C(=O)NCC1CCN(Cc2ccccn2)CC1. The van der Waals surface area contributed by atoms with Crippen molar-refractivity contribution in [2.45, 2.75) is 26.3 Å². The van der Waals surface area contributed by atoms with Crippen LogP contribution in [0.15, 0.2) is 42.6 Å². The number of halogens is 1. The second-order valence-electron chi connectivity index (χ2n) is 7.16. The number of hydrogen-bond acceptors (Lipinski definition) is 4. The molecule has 1 aromatic carbocycles. The standard InChI is InChI=1S/C21H25ClN4O2/c1-15-5-6-17(22)12-19(15)25-21(28)20(27)24-13-16-7-10-26(11-8-16)14-18-4-2-3-9-23-18/h2-6,9,12,16H,7-8,10-11,13-14H2,1H3,(H,24,27)(H,25,28). The van der Waals surface area contributed by atoms with Gasteiger partial charge in [0.1, 0.15) is 0 Å². The van der Waals surface area contributed by atoms with Crippen LogP contribution in [0.2, 0.25) is 5.02 Å². The van der Waals surface area contributed by atoms with Crippen LogP contribution in [0.4, 0.5) is 5.69 Å². The first-order valence-corrected chi connectivity index (χ1v) is 9.86. The maximum atomic E-state index is 12.1. The highest BCUT2D eigenvalue weighted by molar-refractivity contribution is 6.40. The molecule has 1 fully saturated rings. The molecule has 2 heterocycles. The zero-order chi connectivity index (χ0) is 19.9. The van der Waals surface area contributed by atoms with Gasteiger partial charge in [-0.05, 0) is 68.6 Å². The third-order valence-corrected chi connectivity index (χ3v) is 5.26. The molecule has 0 aliphatic carbocycles. The van der Waals surface area contributed by atoms with Gasteiger partial charge in [0, 0.05) is 30.0 Å². The summed E-state index contributed by atoms with van der Waals surface area (Å²) in [6.45, 7) is 5.14. The topological polar surface area (TPSA) is 74.3 Å². The highest BCUT2D eigenvalue weighted by Gasteiger charge is 2.22. The number of carbonyl (C=O) groups is 2. The first-order chi connectivity index (χ1) is 13.5. The maximum Gasteiger partial charge on any atom is 0.313 e. The van der Waals surface area contributed by atoms with E-state index in [1.54, 1.807) is 18.2 Å². The van der Waals surface area contributed by atoms with E-state index in [0.717, 1.165) is 43.7 Å². The summed E-state index contributed by atoms with van der Waals surface area (Å²) in [5.41, 5.74) is 2.48. The summed E-state index contributed by atoms with van der Waals surface area (Å²) in [6, 6.07) is 11.1. The van der Waals surface area contributed by atoms with E-state index in [0.29, 0.717) is 23.2 Å². The third kappa shape index (κ3) is 5.78. The zero-order valence-electron chi connectivity index (χ0n) is 16.0. The van der Waals surface area contributed by atoms with E-state index < -0.39 is 11.8 Å². The first-order valence-electron chi connectivity index (χ1n) is 9.49. The van der Waals surface area contributed by atoms with Crippen molar-refractivity contribution >= 4 is 29.1 Å². The lowest BCUT2D eigenvalue weighted by Gasteiger charge is -2.31. The largest absolute Gasteiger partial charge is 0.348 e. The summed E-state index contributed by atoms with van der Waals surface area (Å²) >= 11 is 5.95. The molecule has 0 radical (unpaired) electrons. The van der Waals surface area contributed by atoms with Crippen LogP contribution in [0.1, 0.15) is 24.1 Å². The summed E-state index contributed by atoms with van der Waals surface area (Å²) in [4.78, 5) is 31.0. The van der Waals surface area contributed by atoms with Crippen LogP contribution in [-0.4, -0.2) is 41.3 Å². The summed E-state index contributed by atoms with van der Waals surface area (Å²) in [7, 11) is 0. The molecule has 6 nitrogen and oxygen atoms in total. The highest BCUT2D eigenvalue weighted by Crippen LogP contribution is 2.20. The minimum absolute atomic E-state index is 0.379. The monoisotopic (exact) mass is 400 g/mol. The van der Waals surface area contributed by atoms with Crippen LogP contribution in [0.5, 0.6) is 0 Å². The summed E-state index contributed by atoms with van der Waals surface area (Å²) < 4.78 is 0. The van der Waals surface area contributed by atoms with Gasteiger partial charge in [0.2, 0.25) is 0 Å². The molecule has 28 heavy (non-hydrogen) atoms. The Morgan fingerprint density at radius 1 is 1.18 bits per heavy atom. The molecule has 1 aromatic heterocycles. The van der Waals surface area contributed by atoms with Crippen molar-refractivity contribution in [3.63, 3.8) is 0 Å². The molecule has 2 aromatic rings. The lowest BCUT2D eigenvalue weighted by Crippen LogP contribution is -2.41. The minimum Gasteiger partial charge on any atom is -0.348 e.